The molecule has 71 heavy (non-hydrogen) atoms. The van der Waals surface area contributed by atoms with Crippen LogP contribution in [-0.4, -0.2) is 4.57 Å². The second-order valence-corrected chi connectivity index (χ2v) is 22.4. The lowest BCUT2D eigenvalue weighted by Gasteiger charge is -2.61. The molecule has 0 saturated heterocycles. The van der Waals surface area contributed by atoms with E-state index in [0.717, 1.165) is 35.0 Å². The van der Waals surface area contributed by atoms with Gasteiger partial charge in [-0.05, 0) is 196 Å². The van der Waals surface area contributed by atoms with Gasteiger partial charge in [-0.25, -0.2) is 0 Å². The summed E-state index contributed by atoms with van der Waals surface area (Å²) in [7, 11) is 0. The maximum Gasteiger partial charge on any atom is 0.0561 e. The smallest absolute Gasteiger partial charge is 0.0561 e. The number of anilines is 3. The number of hydrogen-bond acceptors (Lipinski definition) is 1. The Balaban J connectivity index is 0.860. The second-order valence-electron chi connectivity index (χ2n) is 22.4. The van der Waals surface area contributed by atoms with Crippen molar-refractivity contribution >= 4 is 38.9 Å². The number of aromatic nitrogens is 1. The summed E-state index contributed by atoms with van der Waals surface area (Å²) in [5, 5.41) is 2.54. The number of para-hydroxylation sites is 1. The molecular weight excluding hydrogens is 857 g/mol. The molecule has 0 atom stereocenters. The predicted molar refractivity (Wildman–Crippen MR) is 294 cm³/mol. The molecule has 0 radical (unpaired) electrons. The van der Waals surface area contributed by atoms with Crippen LogP contribution in [0.5, 0.6) is 0 Å². The van der Waals surface area contributed by atoms with Gasteiger partial charge >= 0.3 is 0 Å². The third kappa shape index (κ3) is 5.65. The fraction of sp³-hybridized carbons (Fsp3) is 0.217. The molecule has 0 amide bonds. The van der Waals surface area contributed by atoms with Crippen LogP contribution >= 0.6 is 0 Å². The Morgan fingerprint density at radius 3 is 1.63 bits per heavy atom. The minimum absolute atomic E-state index is 0.0744. The molecule has 5 fully saturated rings. The van der Waals surface area contributed by atoms with E-state index in [2.05, 4.69) is 216 Å². The summed E-state index contributed by atoms with van der Waals surface area (Å²) >= 11 is 0. The molecule has 2 spiro atoms. The topological polar surface area (TPSA) is 8.17 Å². The number of nitrogens with zero attached hydrogens (tertiary/aromatic N) is 2. The Bertz CT molecular complexity index is 3750. The summed E-state index contributed by atoms with van der Waals surface area (Å²) < 4.78 is 2.52. The summed E-state index contributed by atoms with van der Waals surface area (Å²) in [6, 6.07) is 79.2. The van der Waals surface area contributed by atoms with E-state index in [0.29, 0.717) is 0 Å². The van der Waals surface area contributed by atoms with E-state index in [1.165, 1.54) is 147 Å². The van der Waals surface area contributed by atoms with Crippen LogP contribution in [0.25, 0.3) is 72.0 Å². The van der Waals surface area contributed by atoms with Gasteiger partial charge in [-0.1, -0.05) is 158 Å². The summed E-state index contributed by atoms with van der Waals surface area (Å²) in [5.41, 5.74) is 24.4. The van der Waals surface area contributed by atoms with E-state index in [9.17, 15) is 0 Å². The average molecular weight is 913 g/mol. The second kappa shape index (κ2) is 15.0. The van der Waals surface area contributed by atoms with Gasteiger partial charge in [0, 0.05) is 44.4 Å². The Morgan fingerprint density at radius 2 is 0.887 bits per heavy atom. The molecule has 9 aromatic carbocycles. The first kappa shape index (κ1) is 40.3. The molecule has 7 aliphatic carbocycles. The van der Waals surface area contributed by atoms with Gasteiger partial charge in [0.1, 0.15) is 0 Å². The van der Waals surface area contributed by atoms with Crippen LogP contribution in [0.3, 0.4) is 0 Å². The third-order valence-electron chi connectivity index (χ3n) is 19.1. The van der Waals surface area contributed by atoms with Gasteiger partial charge in [0.15, 0.2) is 0 Å². The molecule has 5 saturated carbocycles. The molecule has 4 bridgehead atoms. The minimum Gasteiger partial charge on any atom is -0.310 e. The van der Waals surface area contributed by atoms with E-state index >= 15 is 0 Å². The van der Waals surface area contributed by atoms with Crippen LogP contribution in [0.4, 0.5) is 17.1 Å². The maximum absolute atomic E-state index is 2.57. The molecule has 1 heterocycles. The lowest BCUT2D eigenvalue weighted by Crippen LogP contribution is -2.55. The zero-order chi connectivity index (χ0) is 46.4. The van der Waals surface area contributed by atoms with Gasteiger partial charge in [-0.15, -0.1) is 0 Å². The summed E-state index contributed by atoms with van der Waals surface area (Å²) in [6.45, 7) is 0. The van der Waals surface area contributed by atoms with Crippen molar-refractivity contribution in [2.75, 3.05) is 4.90 Å². The highest BCUT2D eigenvalue weighted by atomic mass is 15.1. The molecule has 0 unspecified atom stereocenters. The first-order valence-corrected chi connectivity index (χ1v) is 26.7. The molecule has 2 nitrogen and oxygen atoms in total. The normalized spacial score (nSPS) is 22.6. The quantitative estimate of drug-likeness (QED) is 0.161. The van der Waals surface area contributed by atoms with E-state index in [1.807, 2.05) is 0 Å². The van der Waals surface area contributed by atoms with Crippen LogP contribution in [0.1, 0.15) is 80.0 Å². The van der Waals surface area contributed by atoms with Gasteiger partial charge < -0.3 is 9.47 Å². The fourth-order valence-electron chi connectivity index (χ4n) is 16.5. The highest BCUT2D eigenvalue weighted by Gasteiger charge is 2.61. The predicted octanol–water partition coefficient (Wildman–Crippen LogP) is 18.2. The van der Waals surface area contributed by atoms with Gasteiger partial charge in [0.2, 0.25) is 0 Å². The molecule has 342 valence electrons. The molecule has 7 aliphatic rings. The molecule has 10 aromatic rings. The Labute approximate surface area is 417 Å². The van der Waals surface area contributed by atoms with Crippen LogP contribution in [0, 0.1) is 23.7 Å². The number of benzene rings is 9. The number of hydrogen-bond donors (Lipinski definition) is 0. The van der Waals surface area contributed by atoms with Gasteiger partial charge in [0.05, 0.1) is 11.0 Å². The fourth-order valence-corrected chi connectivity index (χ4v) is 16.5. The Hall–Kier alpha value is -7.42. The molecule has 0 aliphatic heterocycles. The SMILES string of the molecule is c1ccc(-c2ccc(N(c3ccc4c(c3)C3(CCCC3)c3ccccc3-4)c3ccc4c5ccc(-c6ccc7c(c6)-c6ccccc6C76C7CC8CC(C7)CC6C8)cc5n(-c5ccccc5)c4c3)cc2)cc1. The molecule has 1 aromatic heterocycles. The van der Waals surface area contributed by atoms with Crippen LogP contribution < -0.4 is 4.90 Å². The maximum atomic E-state index is 2.57. The number of rotatable bonds is 6. The van der Waals surface area contributed by atoms with Gasteiger partial charge in [-0.3, -0.25) is 0 Å². The average Bonchev–Trinajstić information content (AvgIpc) is 4.19. The Kier molecular flexibility index (Phi) is 8.55. The van der Waals surface area contributed by atoms with E-state index in [4.69, 9.17) is 0 Å². The standard InChI is InChI=1S/C69H56N2/c1-3-13-46(14-4-1)47-21-25-53(26-22-47)70(54-27-30-58-56-17-7-9-19-62(56)68(65(58)42-54)33-11-12-34-68)55-28-31-60-59-29-23-49(41-66(59)71(67(60)43-55)52-15-5-2-6-16-52)48-24-32-64-61(40-48)57-18-8-10-20-63(57)69(64)50-36-44-35-45(38-50)39-51(69)37-44/h1-10,13-32,40-45,50-51H,11-12,33-39H2. The Morgan fingerprint density at radius 1 is 0.366 bits per heavy atom. The lowest BCUT2D eigenvalue weighted by molar-refractivity contribution is -0.0399. The number of fused-ring (bicyclic) bond motifs is 11. The lowest BCUT2D eigenvalue weighted by atomic mass is 9.43. The summed E-state index contributed by atoms with van der Waals surface area (Å²) in [6.07, 6.45) is 12.1. The highest BCUT2D eigenvalue weighted by Crippen LogP contribution is 2.69. The largest absolute Gasteiger partial charge is 0.310 e. The molecular formula is C69H56N2. The van der Waals surface area contributed by atoms with Crippen molar-refractivity contribution < 1.29 is 0 Å². The van der Waals surface area contributed by atoms with Crippen molar-refractivity contribution in [2.45, 2.75) is 68.6 Å². The minimum atomic E-state index is 0.0744. The zero-order valence-corrected chi connectivity index (χ0v) is 40.2. The van der Waals surface area contributed by atoms with Crippen LogP contribution in [0.2, 0.25) is 0 Å². The molecule has 17 rings (SSSR count). The van der Waals surface area contributed by atoms with E-state index < -0.39 is 0 Å². The van der Waals surface area contributed by atoms with Crippen molar-refractivity contribution in [3.8, 4) is 50.2 Å². The zero-order valence-electron chi connectivity index (χ0n) is 40.2. The van der Waals surface area contributed by atoms with Crippen molar-refractivity contribution in [1.29, 1.82) is 0 Å². The van der Waals surface area contributed by atoms with Crippen LogP contribution in [-0.2, 0) is 10.8 Å². The monoisotopic (exact) mass is 912 g/mol. The first-order chi connectivity index (χ1) is 35.1. The van der Waals surface area contributed by atoms with Crippen molar-refractivity contribution in [1.82, 2.24) is 4.57 Å². The van der Waals surface area contributed by atoms with Gasteiger partial charge in [-0.2, -0.15) is 0 Å². The van der Waals surface area contributed by atoms with Crippen molar-refractivity contribution in [3.05, 3.63) is 229 Å². The van der Waals surface area contributed by atoms with Gasteiger partial charge in [0.25, 0.3) is 0 Å². The highest BCUT2D eigenvalue weighted by molar-refractivity contribution is 6.11. The van der Waals surface area contributed by atoms with Crippen molar-refractivity contribution in [2.24, 2.45) is 23.7 Å². The molecule has 2 heteroatoms. The van der Waals surface area contributed by atoms with E-state index in [1.54, 1.807) is 11.1 Å². The van der Waals surface area contributed by atoms with Crippen LogP contribution in [0.15, 0.2) is 206 Å². The third-order valence-corrected chi connectivity index (χ3v) is 19.1. The summed E-state index contributed by atoms with van der Waals surface area (Å²) in [5.74, 6) is 3.41. The van der Waals surface area contributed by atoms with Crippen molar-refractivity contribution in [3.63, 3.8) is 0 Å². The van der Waals surface area contributed by atoms with E-state index in [-0.39, 0.29) is 10.8 Å². The summed E-state index contributed by atoms with van der Waals surface area (Å²) in [4.78, 5) is 2.51. The first-order valence-electron chi connectivity index (χ1n) is 26.7. The molecule has 0 N–H and O–H groups in total.